The van der Waals surface area contributed by atoms with Gasteiger partial charge in [-0.2, -0.15) is 0 Å². The molecule has 3 aromatic heterocycles. The lowest BCUT2D eigenvalue weighted by Gasteiger charge is -2.02. The molecule has 0 radical (unpaired) electrons. The summed E-state index contributed by atoms with van der Waals surface area (Å²) in [6.07, 6.45) is 1.46. The van der Waals surface area contributed by atoms with Crippen LogP contribution in [0.2, 0.25) is 0 Å². The zero-order chi connectivity index (χ0) is 15.1. The average molecular weight is 304 g/mol. The van der Waals surface area contributed by atoms with Gasteiger partial charge in [-0.15, -0.1) is 11.3 Å². The van der Waals surface area contributed by atoms with Gasteiger partial charge in [0.25, 0.3) is 5.56 Å². The number of carboxylic acids is 1. The smallest absolute Gasteiger partial charge is 0.372 e. The Kier molecular flexibility index (Phi) is 3.13. The quantitative estimate of drug-likeness (QED) is 0.803. The molecule has 0 fully saturated rings. The summed E-state index contributed by atoms with van der Waals surface area (Å²) in [7, 11) is 0. The first kappa shape index (κ1) is 13.6. The van der Waals surface area contributed by atoms with Crippen LogP contribution < -0.4 is 5.56 Å². The topological polar surface area (TPSA) is 85.3 Å². The molecule has 0 saturated carbocycles. The standard InChI is InChI=1S/C14H12N2O4S/c1-7-3-9(20-11(7)14(18)19)4-16-6-15-10-8(2)5-21-12(10)13(16)17/h3,5-6H,4H2,1-2H3,(H,18,19). The van der Waals surface area contributed by atoms with Crippen molar-refractivity contribution in [3.05, 3.63) is 50.8 Å². The molecule has 108 valence electrons. The van der Waals surface area contributed by atoms with Gasteiger partial charge in [0.15, 0.2) is 0 Å². The first-order valence-electron chi connectivity index (χ1n) is 6.23. The van der Waals surface area contributed by atoms with Gasteiger partial charge >= 0.3 is 5.97 Å². The zero-order valence-electron chi connectivity index (χ0n) is 11.4. The van der Waals surface area contributed by atoms with Crippen molar-refractivity contribution in [3.63, 3.8) is 0 Å². The van der Waals surface area contributed by atoms with Crippen LogP contribution in [0.4, 0.5) is 0 Å². The van der Waals surface area contributed by atoms with E-state index in [4.69, 9.17) is 9.52 Å². The van der Waals surface area contributed by atoms with Crippen molar-refractivity contribution in [2.45, 2.75) is 20.4 Å². The number of hydrogen-bond donors (Lipinski definition) is 1. The number of thiophene rings is 1. The molecule has 21 heavy (non-hydrogen) atoms. The number of carbonyl (C=O) groups is 1. The number of nitrogens with zero attached hydrogens (tertiary/aromatic N) is 2. The molecule has 6 nitrogen and oxygen atoms in total. The van der Waals surface area contributed by atoms with Crippen LogP contribution in [-0.2, 0) is 6.54 Å². The van der Waals surface area contributed by atoms with E-state index < -0.39 is 5.97 Å². The Morgan fingerprint density at radius 2 is 2.19 bits per heavy atom. The highest BCUT2D eigenvalue weighted by Crippen LogP contribution is 2.20. The highest BCUT2D eigenvalue weighted by Gasteiger charge is 2.15. The van der Waals surface area contributed by atoms with Crippen molar-refractivity contribution in [1.29, 1.82) is 0 Å². The van der Waals surface area contributed by atoms with E-state index in [1.165, 1.54) is 22.2 Å². The minimum absolute atomic E-state index is 0.0981. The van der Waals surface area contributed by atoms with E-state index in [9.17, 15) is 9.59 Å². The second-order valence-electron chi connectivity index (χ2n) is 4.80. The van der Waals surface area contributed by atoms with Crippen molar-refractivity contribution in [2.24, 2.45) is 0 Å². The maximum absolute atomic E-state index is 12.3. The molecule has 0 aliphatic carbocycles. The van der Waals surface area contributed by atoms with Crippen molar-refractivity contribution < 1.29 is 14.3 Å². The third-order valence-electron chi connectivity index (χ3n) is 3.21. The van der Waals surface area contributed by atoms with E-state index in [0.29, 0.717) is 21.5 Å². The highest BCUT2D eigenvalue weighted by molar-refractivity contribution is 7.17. The van der Waals surface area contributed by atoms with Crippen molar-refractivity contribution in [1.82, 2.24) is 9.55 Å². The molecule has 7 heteroatoms. The van der Waals surface area contributed by atoms with E-state index in [1.54, 1.807) is 13.0 Å². The van der Waals surface area contributed by atoms with Gasteiger partial charge in [0.2, 0.25) is 5.76 Å². The van der Waals surface area contributed by atoms with Gasteiger partial charge in [-0.05, 0) is 30.9 Å². The first-order chi connectivity index (χ1) is 9.97. The summed E-state index contributed by atoms with van der Waals surface area (Å²) < 4.78 is 7.28. The Bertz CT molecular complexity index is 903. The lowest BCUT2D eigenvalue weighted by atomic mass is 10.2. The van der Waals surface area contributed by atoms with Gasteiger partial charge in [-0.25, -0.2) is 9.78 Å². The summed E-state index contributed by atoms with van der Waals surface area (Å²) in [6, 6.07) is 1.62. The number of aromatic carboxylic acids is 1. The highest BCUT2D eigenvalue weighted by atomic mass is 32.1. The predicted molar refractivity (Wildman–Crippen MR) is 78.1 cm³/mol. The van der Waals surface area contributed by atoms with Crippen molar-refractivity contribution in [2.75, 3.05) is 0 Å². The molecular formula is C14H12N2O4S. The van der Waals surface area contributed by atoms with Crippen LogP contribution in [0.1, 0.15) is 27.4 Å². The number of hydrogen-bond acceptors (Lipinski definition) is 5. The number of fused-ring (bicyclic) bond motifs is 1. The van der Waals surface area contributed by atoms with Gasteiger partial charge < -0.3 is 9.52 Å². The SMILES string of the molecule is Cc1cc(Cn2cnc3c(C)csc3c2=O)oc1C(=O)O. The minimum atomic E-state index is -1.12. The van der Waals surface area contributed by atoms with Crippen LogP contribution in [0.3, 0.4) is 0 Å². The van der Waals surface area contributed by atoms with E-state index in [0.717, 1.165) is 5.56 Å². The number of furan rings is 1. The lowest BCUT2D eigenvalue weighted by molar-refractivity contribution is 0.0659. The Morgan fingerprint density at radius 3 is 2.86 bits per heavy atom. The summed E-state index contributed by atoms with van der Waals surface area (Å²) in [4.78, 5) is 27.6. The van der Waals surface area contributed by atoms with Gasteiger partial charge in [0.1, 0.15) is 10.5 Å². The van der Waals surface area contributed by atoms with E-state index in [1.807, 2.05) is 12.3 Å². The monoisotopic (exact) mass is 304 g/mol. The number of rotatable bonds is 3. The lowest BCUT2D eigenvalue weighted by Crippen LogP contribution is -2.20. The fraction of sp³-hybridized carbons (Fsp3) is 0.214. The summed E-state index contributed by atoms with van der Waals surface area (Å²) in [5, 5.41) is 10.9. The summed E-state index contributed by atoms with van der Waals surface area (Å²) in [6.45, 7) is 3.72. The Labute approximate surface area is 123 Å². The largest absolute Gasteiger partial charge is 0.475 e. The molecule has 0 saturated heterocycles. The van der Waals surface area contributed by atoms with E-state index in [-0.39, 0.29) is 17.9 Å². The summed E-state index contributed by atoms with van der Waals surface area (Å²) in [5.74, 6) is -0.797. The number of aromatic nitrogens is 2. The molecule has 0 aliphatic rings. The van der Waals surface area contributed by atoms with Crippen LogP contribution in [-0.4, -0.2) is 20.6 Å². The maximum Gasteiger partial charge on any atom is 0.372 e. The number of carboxylic acid groups (broad SMARTS) is 1. The van der Waals surface area contributed by atoms with Gasteiger partial charge in [-0.3, -0.25) is 9.36 Å². The van der Waals surface area contributed by atoms with Crippen LogP contribution >= 0.6 is 11.3 Å². The molecule has 0 bridgehead atoms. The van der Waals surface area contributed by atoms with Crippen LogP contribution in [0.25, 0.3) is 10.2 Å². The third kappa shape index (κ3) is 2.25. The van der Waals surface area contributed by atoms with E-state index in [2.05, 4.69) is 4.98 Å². The summed E-state index contributed by atoms with van der Waals surface area (Å²) in [5.41, 5.74) is 2.07. The molecule has 0 aliphatic heterocycles. The van der Waals surface area contributed by atoms with Crippen molar-refractivity contribution in [3.8, 4) is 0 Å². The maximum atomic E-state index is 12.3. The minimum Gasteiger partial charge on any atom is -0.475 e. The van der Waals surface area contributed by atoms with Gasteiger partial charge in [0.05, 0.1) is 18.4 Å². The number of aryl methyl sites for hydroxylation is 2. The molecule has 0 amide bonds. The third-order valence-corrected chi connectivity index (χ3v) is 4.29. The zero-order valence-corrected chi connectivity index (χ0v) is 12.2. The molecule has 1 N–H and O–H groups in total. The van der Waals surface area contributed by atoms with Gasteiger partial charge in [-0.1, -0.05) is 0 Å². The molecule has 3 rings (SSSR count). The molecule has 0 aromatic carbocycles. The molecule has 3 heterocycles. The molecular weight excluding hydrogens is 292 g/mol. The van der Waals surface area contributed by atoms with Crippen LogP contribution in [0, 0.1) is 13.8 Å². The fourth-order valence-corrected chi connectivity index (χ4v) is 3.13. The Morgan fingerprint density at radius 1 is 1.43 bits per heavy atom. The summed E-state index contributed by atoms with van der Waals surface area (Å²) >= 11 is 1.36. The average Bonchev–Trinajstić information content (AvgIpc) is 2.97. The normalized spacial score (nSPS) is 11.1. The Hall–Kier alpha value is -2.41. The van der Waals surface area contributed by atoms with Crippen LogP contribution in [0.15, 0.2) is 27.0 Å². The Balaban J connectivity index is 2.02. The van der Waals surface area contributed by atoms with Crippen LogP contribution in [0.5, 0.6) is 0 Å². The first-order valence-corrected chi connectivity index (χ1v) is 7.11. The molecule has 0 unspecified atom stereocenters. The van der Waals surface area contributed by atoms with Gasteiger partial charge in [0, 0.05) is 5.56 Å². The molecule has 0 atom stereocenters. The molecule has 3 aromatic rings. The second kappa shape index (κ2) is 4.85. The second-order valence-corrected chi connectivity index (χ2v) is 5.68. The van der Waals surface area contributed by atoms with E-state index >= 15 is 0 Å². The van der Waals surface area contributed by atoms with Crippen molar-refractivity contribution >= 4 is 27.5 Å². The molecule has 0 spiro atoms. The predicted octanol–water partition coefficient (Wildman–Crippen LogP) is 2.41. The fourth-order valence-electron chi connectivity index (χ4n) is 2.18.